The van der Waals surface area contributed by atoms with Crippen LogP contribution < -0.4 is 4.74 Å². The van der Waals surface area contributed by atoms with Gasteiger partial charge in [-0.25, -0.2) is 0 Å². The van der Waals surface area contributed by atoms with Crippen molar-refractivity contribution in [3.63, 3.8) is 0 Å². The number of para-hydroxylation sites is 1. The maximum Gasteiger partial charge on any atom is 0.227 e. The summed E-state index contributed by atoms with van der Waals surface area (Å²) in [5, 5.41) is 0. The van der Waals surface area contributed by atoms with Gasteiger partial charge in [-0.1, -0.05) is 48.9 Å². The number of methoxy groups -OCH3 is 1. The first-order valence-electron chi connectivity index (χ1n) is 10.8. The van der Waals surface area contributed by atoms with E-state index in [4.69, 9.17) is 4.74 Å². The lowest BCUT2D eigenvalue weighted by atomic mass is 9.84. The third kappa shape index (κ3) is 4.07. The van der Waals surface area contributed by atoms with E-state index in [1.807, 2.05) is 48.3 Å². The van der Waals surface area contributed by atoms with Crippen molar-refractivity contribution in [2.45, 2.75) is 25.7 Å². The maximum atomic E-state index is 13.1. The van der Waals surface area contributed by atoms with Gasteiger partial charge in [-0.15, -0.1) is 0 Å². The molecule has 30 heavy (non-hydrogen) atoms. The van der Waals surface area contributed by atoms with E-state index >= 15 is 0 Å². The van der Waals surface area contributed by atoms with Gasteiger partial charge in [0.05, 0.1) is 13.0 Å². The van der Waals surface area contributed by atoms with Gasteiger partial charge in [-0.2, -0.15) is 0 Å². The van der Waals surface area contributed by atoms with Gasteiger partial charge >= 0.3 is 0 Å². The van der Waals surface area contributed by atoms with E-state index in [2.05, 4.69) is 12.1 Å². The van der Waals surface area contributed by atoms with E-state index in [9.17, 15) is 9.59 Å². The Morgan fingerprint density at radius 2 is 1.73 bits per heavy atom. The first kappa shape index (κ1) is 20.5. The standard InChI is InChI=1S/C25H30N2O3/c1-26-14-15-27(25(29)18-9-7-10-18)17-20(24(26)28)16-19-8-3-4-11-21(19)22-12-5-6-13-23(22)30-2/h3-6,8,11-13,18,20H,7,9-10,14-17H2,1-2H3/t20-/m1/s1. The van der Waals surface area contributed by atoms with Gasteiger partial charge in [0.25, 0.3) is 0 Å². The smallest absolute Gasteiger partial charge is 0.227 e. The highest BCUT2D eigenvalue weighted by Crippen LogP contribution is 2.34. The predicted octanol–water partition coefficient (Wildman–Crippen LogP) is 3.62. The van der Waals surface area contributed by atoms with Gasteiger partial charge in [-0.3, -0.25) is 9.59 Å². The fourth-order valence-corrected chi connectivity index (χ4v) is 4.49. The summed E-state index contributed by atoms with van der Waals surface area (Å²) in [5.41, 5.74) is 3.20. The number of hydrogen-bond donors (Lipinski definition) is 0. The molecule has 2 fully saturated rings. The molecule has 5 heteroatoms. The Hall–Kier alpha value is -2.82. The van der Waals surface area contributed by atoms with Crippen LogP contribution in [-0.2, 0) is 16.0 Å². The zero-order chi connectivity index (χ0) is 21.1. The minimum atomic E-state index is -0.239. The largest absolute Gasteiger partial charge is 0.496 e. The van der Waals surface area contributed by atoms with Gasteiger partial charge in [0.2, 0.25) is 11.8 Å². The summed E-state index contributed by atoms with van der Waals surface area (Å²) < 4.78 is 5.57. The SMILES string of the molecule is COc1ccccc1-c1ccccc1C[C@@H]1CN(C(=O)C2CCC2)CCN(C)C1=O. The Kier molecular flexibility index (Phi) is 6.07. The Labute approximate surface area is 178 Å². The molecule has 158 valence electrons. The molecule has 1 heterocycles. The summed E-state index contributed by atoms with van der Waals surface area (Å²) in [4.78, 5) is 29.7. The summed E-state index contributed by atoms with van der Waals surface area (Å²) in [7, 11) is 3.52. The van der Waals surface area contributed by atoms with E-state index < -0.39 is 0 Å². The van der Waals surface area contributed by atoms with Crippen molar-refractivity contribution in [2.24, 2.45) is 11.8 Å². The monoisotopic (exact) mass is 406 g/mol. The quantitative estimate of drug-likeness (QED) is 0.762. The van der Waals surface area contributed by atoms with Crippen molar-refractivity contribution in [2.75, 3.05) is 33.8 Å². The number of nitrogens with zero attached hydrogens (tertiary/aromatic N) is 2. The lowest BCUT2D eigenvalue weighted by Gasteiger charge is -2.32. The summed E-state index contributed by atoms with van der Waals surface area (Å²) in [6.07, 6.45) is 3.71. The third-order valence-electron chi connectivity index (χ3n) is 6.52. The van der Waals surface area contributed by atoms with Crippen LogP contribution in [0.5, 0.6) is 5.75 Å². The summed E-state index contributed by atoms with van der Waals surface area (Å²) >= 11 is 0. The number of benzene rings is 2. The lowest BCUT2D eigenvalue weighted by Crippen LogP contribution is -2.42. The lowest BCUT2D eigenvalue weighted by molar-refractivity contribution is -0.138. The molecular weight excluding hydrogens is 376 g/mol. The zero-order valence-corrected chi connectivity index (χ0v) is 17.8. The molecule has 4 rings (SSSR count). The molecule has 0 unspecified atom stereocenters. The summed E-state index contributed by atoms with van der Waals surface area (Å²) in [5.74, 6) is 1.08. The van der Waals surface area contributed by atoms with Crippen molar-refractivity contribution >= 4 is 11.8 Å². The fourth-order valence-electron chi connectivity index (χ4n) is 4.49. The Morgan fingerprint density at radius 3 is 2.43 bits per heavy atom. The molecule has 0 radical (unpaired) electrons. The number of carbonyl (C=O) groups is 2. The molecule has 5 nitrogen and oxygen atoms in total. The molecule has 1 aliphatic carbocycles. The van der Waals surface area contributed by atoms with Crippen molar-refractivity contribution < 1.29 is 14.3 Å². The van der Waals surface area contributed by atoms with Crippen molar-refractivity contribution in [1.29, 1.82) is 0 Å². The van der Waals surface area contributed by atoms with E-state index in [0.29, 0.717) is 26.1 Å². The molecule has 2 aromatic carbocycles. The van der Waals surface area contributed by atoms with Crippen LogP contribution in [0.2, 0.25) is 0 Å². The topological polar surface area (TPSA) is 49.9 Å². The Balaban J connectivity index is 1.62. The second kappa shape index (κ2) is 8.90. The molecule has 2 amide bonds. The van der Waals surface area contributed by atoms with E-state index in [1.165, 1.54) is 0 Å². The minimum absolute atomic E-state index is 0.119. The highest BCUT2D eigenvalue weighted by atomic mass is 16.5. The average Bonchev–Trinajstić information content (AvgIpc) is 2.87. The Morgan fingerprint density at radius 1 is 1.03 bits per heavy atom. The number of rotatable bonds is 5. The van der Waals surface area contributed by atoms with Gasteiger partial charge in [0.15, 0.2) is 0 Å². The molecule has 1 aliphatic heterocycles. The molecule has 0 spiro atoms. The number of carbonyl (C=O) groups excluding carboxylic acids is 2. The predicted molar refractivity (Wildman–Crippen MR) is 117 cm³/mol. The fraction of sp³-hybridized carbons (Fsp3) is 0.440. The van der Waals surface area contributed by atoms with Crippen LogP contribution in [0.15, 0.2) is 48.5 Å². The van der Waals surface area contributed by atoms with Crippen LogP contribution in [0, 0.1) is 11.8 Å². The molecule has 1 saturated carbocycles. The average molecular weight is 407 g/mol. The first-order valence-corrected chi connectivity index (χ1v) is 10.8. The normalized spacial score (nSPS) is 19.9. The van der Waals surface area contributed by atoms with Crippen LogP contribution in [0.4, 0.5) is 0 Å². The number of ether oxygens (including phenoxy) is 1. The van der Waals surface area contributed by atoms with Gasteiger partial charge in [0.1, 0.15) is 5.75 Å². The van der Waals surface area contributed by atoms with Crippen LogP contribution in [0.1, 0.15) is 24.8 Å². The third-order valence-corrected chi connectivity index (χ3v) is 6.52. The number of amides is 2. The van der Waals surface area contributed by atoms with Crippen LogP contribution in [0.3, 0.4) is 0 Å². The molecule has 1 saturated heterocycles. The number of likely N-dealkylation sites (N-methyl/N-ethyl adjacent to an activating group) is 1. The second-order valence-corrected chi connectivity index (χ2v) is 8.43. The molecular formula is C25H30N2O3. The van der Waals surface area contributed by atoms with Crippen LogP contribution in [-0.4, -0.2) is 55.4 Å². The highest BCUT2D eigenvalue weighted by molar-refractivity contribution is 5.84. The van der Waals surface area contributed by atoms with Crippen LogP contribution >= 0.6 is 0 Å². The number of hydrogen-bond acceptors (Lipinski definition) is 3. The zero-order valence-electron chi connectivity index (χ0n) is 17.8. The molecule has 0 N–H and O–H groups in total. The van der Waals surface area contributed by atoms with Gasteiger partial charge < -0.3 is 14.5 Å². The van der Waals surface area contributed by atoms with Crippen molar-refractivity contribution in [1.82, 2.24) is 9.80 Å². The van der Waals surface area contributed by atoms with E-state index in [0.717, 1.165) is 41.7 Å². The molecule has 2 aliphatic rings. The van der Waals surface area contributed by atoms with Crippen molar-refractivity contribution in [3.8, 4) is 16.9 Å². The summed E-state index contributed by atoms with van der Waals surface area (Å²) in [6.45, 7) is 1.73. The highest BCUT2D eigenvalue weighted by Gasteiger charge is 2.35. The molecule has 0 bridgehead atoms. The van der Waals surface area contributed by atoms with E-state index in [-0.39, 0.29) is 23.7 Å². The molecule has 0 aromatic heterocycles. The van der Waals surface area contributed by atoms with Crippen molar-refractivity contribution in [3.05, 3.63) is 54.1 Å². The summed E-state index contributed by atoms with van der Waals surface area (Å²) in [6, 6.07) is 16.1. The first-order chi connectivity index (χ1) is 14.6. The minimum Gasteiger partial charge on any atom is -0.496 e. The van der Waals surface area contributed by atoms with Gasteiger partial charge in [0, 0.05) is 38.2 Å². The van der Waals surface area contributed by atoms with Crippen LogP contribution in [0.25, 0.3) is 11.1 Å². The molecule has 1 atom stereocenters. The van der Waals surface area contributed by atoms with E-state index in [1.54, 1.807) is 12.0 Å². The van der Waals surface area contributed by atoms with Gasteiger partial charge in [-0.05, 0) is 36.5 Å². The Bertz CT molecular complexity index is 922. The second-order valence-electron chi connectivity index (χ2n) is 8.43. The maximum absolute atomic E-state index is 13.1. The molecule has 2 aromatic rings.